The number of pyridine rings is 1. The van der Waals surface area contributed by atoms with Crippen LogP contribution in [0.2, 0.25) is 0 Å². The van der Waals surface area contributed by atoms with Crippen LogP contribution >= 0.6 is 0 Å². The molecule has 1 saturated heterocycles. The minimum absolute atomic E-state index is 0.452. The van der Waals surface area contributed by atoms with E-state index in [0.29, 0.717) is 12.2 Å². The van der Waals surface area contributed by atoms with Crippen LogP contribution in [0.25, 0.3) is 0 Å². The molecule has 0 amide bonds. The first-order valence-corrected chi connectivity index (χ1v) is 10.4. The second kappa shape index (κ2) is 9.20. The highest BCUT2D eigenvalue weighted by Gasteiger charge is 2.39. The molecule has 1 aromatic heterocycles. The fourth-order valence-corrected chi connectivity index (χ4v) is 4.51. The summed E-state index contributed by atoms with van der Waals surface area (Å²) in [5.41, 5.74) is 2.30. The van der Waals surface area contributed by atoms with Crippen LogP contribution < -0.4 is 10.1 Å². The Bertz CT molecular complexity index is 759. The summed E-state index contributed by atoms with van der Waals surface area (Å²) in [6.45, 7) is 4.63. The molecule has 5 heteroatoms. The molecule has 2 atom stereocenters. The number of rotatable bonds is 9. The van der Waals surface area contributed by atoms with Gasteiger partial charge in [0.25, 0.3) is 6.47 Å². The van der Waals surface area contributed by atoms with Crippen molar-refractivity contribution in [3.8, 4) is 5.75 Å². The van der Waals surface area contributed by atoms with Gasteiger partial charge in [-0.15, -0.1) is 0 Å². The lowest BCUT2D eigenvalue weighted by atomic mass is 9.90. The lowest BCUT2D eigenvalue weighted by Crippen LogP contribution is -2.37. The summed E-state index contributed by atoms with van der Waals surface area (Å²) in [5.74, 6) is 3.13. The molecule has 0 bridgehead atoms. The molecule has 148 valence electrons. The maximum Gasteiger partial charge on any atom is 0.298 e. The van der Waals surface area contributed by atoms with Gasteiger partial charge in [0.05, 0.1) is 11.9 Å². The number of piperidine rings is 1. The van der Waals surface area contributed by atoms with Crippen molar-refractivity contribution in [3.05, 3.63) is 54.4 Å². The lowest BCUT2D eigenvalue weighted by Gasteiger charge is -2.32. The summed E-state index contributed by atoms with van der Waals surface area (Å²) >= 11 is 0. The summed E-state index contributed by atoms with van der Waals surface area (Å²) < 4.78 is 4.98. The lowest BCUT2D eigenvalue weighted by molar-refractivity contribution is -0.120. The van der Waals surface area contributed by atoms with Gasteiger partial charge in [0.2, 0.25) is 0 Å². The SMILES string of the molecule is O=COc1ccncc1NCCN1CCC(C[C@@H]2C[C@H]2c2ccccc2)CC1. The number of nitrogens with zero attached hydrogens (tertiary/aromatic N) is 2. The Kier molecular flexibility index (Phi) is 6.22. The van der Waals surface area contributed by atoms with Gasteiger partial charge in [-0.05, 0) is 62.1 Å². The number of likely N-dealkylation sites (tertiary alicyclic amines) is 1. The number of anilines is 1. The van der Waals surface area contributed by atoms with Crippen LogP contribution in [0.3, 0.4) is 0 Å². The van der Waals surface area contributed by atoms with Crippen LogP contribution in [0.1, 0.15) is 37.2 Å². The monoisotopic (exact) mass is 379 g/mol. The Morgan fingerprint density at radius 3 is 2.79 bits per heavy atom. The van der Waals surface area contributed by atoms with E-state index in [1.54, 1.807) is 18.5 Å². The molecule has 5 nitrogen and oxygen atoms in total. The van der Waals surface area contributed by atoms with E-state index < -0.39 is 0 Å². The van der Waals surface area contributed by atoms with Crippen molar-refractivity contribution >= 4 is 12.2 Å². The predicted molar refractivity (Wildman–Crippen MR) is 110 cm³/mol. The van der Waals surface area contributed by atoms with Gasteiger partial charge in [-0.3, -0.25) is 9.78 Å². The standard InChI is InChI=1S/C23H29N3O2/c27-17-28-23-6-9-24-16-22(23)25-10-13-26-11-7-18(8-12-26)14-20-15-21(20)19-4-2-1-3-5-19/h1-6,9,16-18,20-21,25H,7-8,10-15H2/t20-,21+/m1/s1. The molecular weight excluding hydrogens is 350 g/mol. The van der Waals surface area contributed by atoms with Gasteiger partial charge in [0.15, 0.2) is 5.75 Å². The van der Waals surface area contributed by atoms with Gasteiger partial charge in [-0.1, -0.05) is 30.3 Å². The van der Waals surface area contributed by atoms with E-state index in [1.807, 2.05) is 0 Å². The molecule has 1 aliphatic carbocycles. The number of carbonyl (C=O) groups excluding carboxylic acids is 1. The molecule has 28 heavy (non-hydrogen) atoms. The van der Waals surface area contributed by atoms with Crippen molar-refractivity contribution in [2.24, 2.45) is 11.8 Å². The van der Waals surface area contributed by atoms with Crippen molar-refractivity contribution in [1.29, 1.82) is 0 Å². The number of ether oxygens (including phenoxy) is 1. The Morgan fingerprint density at radius 1 is 1.18 bits per heavy atom. The molecule has 4 rings (SSSR count). The first-order valence-electron chi connectivity index (χ1n) is 10.4. The molecule has 0 spiro atoms. The van der Waals surface area contributed by atoms with E-state index >= 15 is 0 Å². The highest BCUT2D eigenvalue weighted by molar-refractivity contribution is 5.59. The Morgan fingerprint density at radius 2 is 2.00 bits per heavy atom. The van der Waals surface area contributed by atoms with E-state index in [2.05, 4.69) is 45.5 Å². The van der Waals surface area contributed by atoms with Crippen LogP contribution in [-0.2, 0) is 4.79 Å². The van der Waals surface area contributed by atoms with Crippen molar-refractivity contribution in [3.63, 3.8) is 0 Å². The summed E-state index contributed by atoms with van der Waals surface area (Å²) in [7, 11) is 0. The van der Waals surface area contributed by atoms with Crippen molar-refractivity contribution in [2.45, 2.75) is 31.6 Å². The topological polar surface area (TPSA) is 54.5 Å². The highest BCUT2D eigenvalue weighted by Crippen LogP contribution is 2.51. The summed E-state index contributed by atoms with van der Waals surface area (Å²) in [6, 6.07) is 12.7. The smallest absolute Gasteiger partial charge is 0.298 e. The van der Waals surface area contributed by atoms with Gasteiger partial charge in [-0.2, -0.15) is 0 Å². The molecule has 2 fully saturated rings. The third kappa shape index (κ3) is 4.90. The maximum atomic E-state index is 10.6. The van der Waals surface area contributed by atoms with Gasteiger partial charge in [0, 0.05) is 25.4 Å². The third-order valence-corrected chi connectivity index (χ3v) is 6.19. The van der Waals surface area contributed by atoms with Crippen LogP contribution in [0, 0.1) is 11.8 Å². The summed E-state index contributed by atoms with van der Waals surface area (Å²) in [6.07, 6.45) is 8.72. The minimum atomic E-state index is 0.452. The number of hydrogen-bond acceptors (Lipinski definition) is 5. The van der Waals surface area contributed by atoms with E-state index in [-0.39, 0.29) is 0 Å². The number of hydrogen-bond donors (Lipinski definition) is 1. The molecule has 1 N–H and O–H groups in total. The summed E-state index contributed by atoms with van der Waals surface area (Å²) in [4.78, 5) is 17.2. The molecule has 0 unspecified atom stereocenters. The summed E-state index contributed by atoms with van der Waals surface area (Å²) in [5, 5.41) is 3.33. The molecule has 1 aliphatic heterocycles. The molecule has 1 aromatic carbocycles. The second-order valence-corrected chi connectivity index (χ2v) is 8.05. The van der Waals surface area contributed by atoms with E-state index in [4.69, 9.17) is 4.74 Å². The fourth-order valence-electron chi connectivity index (χ4n) is 4.51. The van der Waals surface area contributed by atoms with Gasteiger partial charge in [0.1, 0.15) is 0 Å². The third-order valence-electron chi connectivity index (χ3n) is 6.19. The van der Waals surface area contributed by atoms with Crippen molar-refractivity contribution < 1.29 is 9.53 Å². The molecule has 1 saturated carbocycles. The molecular formula is C23H29N3O2. The number of carbonyl (C=O) groups is 1. The molecule has 2 heterocycles. The average Bonchev–Trinajstić information content (AvgIpc) is 3.51. The van der Waals surface area contributed by atoms with Gasteiger partial charge < -0.3 is 15.0 Å². The minimum Gasteiger partial charge on any atom is -0.426 e. The second-order valence-electron chi connectivity index (χ2n) is 8.05. The number of nitrogens with one attached hydrogen (secondary N) is 1. The number of benzene rings is 1. The zero-order chi connectivity index (χ0) is 19.2. The van der Waals surface area contributed by atoms with E-state index in [1.165, 1.54) is 44.3 Å². The normalized spacial score (nSPS) is 22.6. The largest absolute Gasteiger partial charge is 0.426 e. The molecule has 2 aromatic rings. The molecule has 2 aliphatic rings. The maximum absolute atomic E-state index is 10.6. The van der Waals surface area contributed by atoms with Crippen LogP contribution in [-0.4, -0.2) is 42.5 Å². The Labute approximate surface area is 167 Å². The highest BCUT2D eigenvalue weighted by atomic mass is 16.5. The quantitative estimate of drug-likeness (QED) is 0.669. The number of aromatic nitrogens is 1. The van der Waals surface area contributed by atoms with E-state index in [9.17, 15) is 4.79 Å². The Hall–Kier alpha value is -2.40. The Balaban J connectivity index is 1.15. The zero-order valence-electron chi connectivity index (χ0n) is 16.3. The average molecular weight is 380 g/mol. The first-order chi connectivity index (χ1) is 13.8. The molecule has 0 radical (unpaired) electrons. The van der Waals surface area contributed by atoms with Crippen LogP contribution in [0.5, 0.6) is 5.75 Å². The first kappa shape index (κ1) is 18.9. The predicted octanol–water partition coefficient (Wildman–Crippen LogP) is 3.93. The van der Waals surface area contributed by atoms with Gasteiger partial charge in [-0.25, -0.2) is 0 Å². The van der Waals surface area contributed by atoms with Crippen molar-refractivity contribution in [1.82, 2.24) is 9.88 Å². The van der Waals surface area contributed by atoms with Crippen LogP contribution in [0.4, 0.5) is 5.69 Å². The van der Waals surface area contributed by atoms with Crippen LogP contribution in [0.15, 0.2) is 48.8 Å². The zero-order valence-corrected chi connectivity index (χ0v) is 16.3. The van der Waals surface area contributed by atoms with E-state index in [0.717, 1.165) is 36.5 Å². The van der Waals surface area contributed by atoms with Crippen molar-refractivity contribution in [2.75, 3.05) is 31.5 Å². The fraction of sp³-hybridized carbons (Fsp3) is 0.478. The van der Waals surface area contributed by atoms with Gasteiger partial charge >= 0.3 is 0 Å².